The SMILES string of the molecule is CN1CCN(S(=O)(=O)CC(=O)O)C(c2ccccc2)C1. The van der Waals surface area contributed by atoms with Crippen LogP contribution in [0.3, 0.4) is 0 Å². The standard InChI is InChI=1S/C13H18N2O4S/c1-14-7-8-15(20(18,19)10-13(16)17)12(9-14)11-5-3-2-4-6-11/h2-6,12H,7-10H2,1H3,(H,16,17). The molecular formula is C13H18N2O4S. The minimum Gasteiger partial charge on any atom is -0.480 e. The summed E-state index contributed by atoms with van der Waals surface area (Å²) in [5.41, 5.74) is 0.882. The third kappa shape index (κ3) is 3.36. The number of carboxylic acid groups (broad SMARTS) is 1. The van der Waals surface area contributed by atoms with E-state index in [0.29, 0.717) is 19.6 Å². The summed E-state index contributed by atoms with van der Waals surface area (Å²) >= 11 is 0. The minimum atomic E-state index is -3.80. The first-order valence-electron chi connectivity index (χ1n) is 6.35. The van der Waals surface area contributed by atoms with Gasteiger partial charge in [-0.15, -0.1) is 0 Å². The highest BCUT2D eigenvalue weighted by Gasteiger charge is 2.36. The van der Waals surface area contributed by atoms with Gasteiger partial charge in [0.2, 0.25) is 10.0 Å². The van der Waals surface area contributed by atoms with Gasteiger partial charge in [0.05, 0.1) is 6.04 Å². The smallest absolute Gasteiger partial charge is 0.320 e. The lowest BCUT2D eigenvalue weighted by atomic mass is 10.1. The van der Waals surface area contributed by atoms with E-state index in [9.17, 15) is 13.2 Å². The first-order chi connectivity index (χ1) is 9.40. The number of hydrogen-bond acceptors (Lipinski definition) is 4. The van der Waals surface area contributed by atoms with Crippen LogP contribution in [0.1, 0.15) is 11.6 Å². The lowest BCUT2D eigenvalue weighted by molar-refractivity contribution is -0.134. The molecule has 1 aliphatic rings. The van der Waals surface area contributed by atoms with Gasteiger partial charge in [0.15, 0.2) is 5.75 Å². The van der Waals surface area contributed by atoms with Crippen molar-refractivity contribution in [3.63, 3.8) is 0 Å². The van der Waals surface area contributed by atoms with Gasteiger partial charge in [0, 0.05) is 19.6 Å². The van der Waals surface area contributed by atoms with E-state index in [2.05, 4.69) is 0 Å². The van der Waals surface area contributed by atoms with Crippen molar-refractivity contribution in [1.29, 1.82) is 0 Å². The Hall–Kier alpha value is -1.44. The van der Waals surface area contributed by atoms with Crippen LogP contribution in [0.5, 0.6) is 0 Å². The summed E-state index contributed by atoms with van der Waals surface area (Å²) in [5.74, 6) is -2.18. The van der Waals surface area contributed by atoms with E-state index < -0.39 is 21.7 Å². The number of aliphatic carboxylic acids is 1. The Balaban J connectivity index is 2.32. The fourth-order valence-corrected chi connectivity index (χ4v) is 3.84. The van der Waals surface area contributed by atoms with Crippen molar-refractivity contribution in [1.82, 2.24) is 9.21 Å². The molecule has 7 heteroatoms. The van der Waals surface area contributed by atoms with E-state index in [0.717, 1.165) is 5.56 Å². The first kappa shape index (κ1) is 15.0. The number of carboxylic acids is 1. The highest BCUT2D eigenvalue weighted by molar-refractivity contribution is 7.89. The van der Waals surface area contributed by atoms with Gasteiger partial charge < -0.3 is 10.0 Å². The van der Waals surface area contributed by atoms with E-state index >= 15 is 0 Å². The number of piperazine rings is 1. The van der Waals surface area contributed by atoms with Crippen molar-refractivity contribution in [2.45, 2.75) is 6.04 Å². The summed E-state index contributed by atoms with van der Waals surface area (Å²) in [5, 5.41) is 8.77. The molecule has 0 radical (unpaired) electrons. The number of likely N-dealkylation sites (N-methyl/N-ethyl adjacent to an activating group) is 1. The molecule has 6 nitrogen and oxygen atoms in total. The molecule has 1 saturated heterocycles. The molecule has 20 heavy (non-hydrogen) atoms. The van der Waals surface area contributed by atoms with Gasteiger partial charge in [-0.05, 0) is 12.6 Å². The van der Waals surface area contributed by atoms with E-state index in [1.165, 1.54) is 4.31 Å². The van der Waals surface area contributed by atoms with Crippen molar-refractivity contribution in [3.8, 4) is 0 Å². The summed E-state index contributed by atoms with van der Waals surface area (Å²) in [6, 6.07) is 8.98. The molecule has 0 spiro atoms. The Morgan fingerprint density at radius 3 is 2.55 bits per heavy atom. The molecule has 1 unspecified atom stereocenters. The summed E-state index contributed by atoms with van der Waals surface area (Å²) in [6.07, 6.45) is 0. The number of benzene rings is 1. The topological polar surface area (TPSA) is 77.9 Å². The maximum Gasteiger partial charge on any atom is 0.320 e. The van der Waals surface area contributed by atoms with Crippen LogP contribution >= 0.6 is 0 Å². The molecule has 0 aliphatic carbocycles. The Labute approximate surface area is 118 Å². The molecular weight excluding hydrogens is 280 g/mol. The zero-order valence-electron chi connectivity index (χ0n) is 11.3. The van der Waals surface area contributed by atoms with E-state index in [1.807, 2.05) is 42.3 Å². The average Bonchev–Trinajstić information content (AvgIpc) is 2.38. The van der Waals surface area contributed by atoms with Crippen LogP contribution in [-0.4, -0.2) is 61.1 Å². The third-order valence-corrected chi connectivity index (χ3v) is 5.15. The summed E-state index contributed by atoms with van der Waals surface area (Å²) < 4.78 is 25.7. The number of rotatable bonds is 4. The summed E-state index contributed by atoms with van der Waals surface area (Å²) in [6.45, 7) is 1.47. The lowest BCUT2D eigenvalue weighted by Crippen LogP contribution is -2.50. The number of carbonyl (C=O) groups is 1. The molecule has 1 N–H and O–H groups in total. The Morgan fingerprint density at radius 1 is 1.30 bits per heavy atom. The predicted octanol–water partition coefficient (Wildman–Crippen LogP) is 0.390. The molecule has 0 amide bonds. The van der Waals surface area contributed by atoms with Crippen LogP contribution in [0.25, 0.3) is 0 Å². The van der Waals surface area contributed by atoms with Gasteiger partial charge in [0.1, 0.15) is 0 Å². The van der Waals surface area contributed by atoms with Crippen LogP contribution in [0.4, 0.5) is 0 Å². The fraction of sp³-hybridized carbons (Fsp3) is 0.462. The Bertz CT molecular complexity index is 573. The number of nitrogens with zero attached hydrogens (tertiary/aromatic N) is 2. The monoisotopic (exact) mass is 298 g/mol. The normalized spacial score (nSPS) is 21.8. The van der Waals surface area contributed by atoms with Crippen LogP contribution in [-0.2, 0) is 14.8 Å². The molecule has 110 valence electrons. The van der Waals surface area contributed by atoms with Crippen molar-refractivity contribution in [3.05, 3.63) is 35.9 Å². The van der Waals surface area contributed by atoms with Gasteiger partial charge in [0.25, 0.3) is 0 Å². The minimum absolute atomic E-state index is 0.311. The molecule has 0 saturated carbocycles. The van der Waals surface area contributed by atoms with Gasteiger partial charge in [-0.1, -0.05) is 30.3 Å². The second-order valence-corrected chi connectivity index (χ2v) is 6.87. The maximum atomic E-state index is 12.2. The summed E-state index contributed by atoms with van der Waals surface area (Å²) in [7, 11) is -1.87. The van der Waals surface area contributed by atoms with Crippen molar-refractivity contribution < 1.29 is 18.3 Å². The Kier molecular flexibility index (Phi) is 4.42. The molecule has 1 heterocycles. The third-order valence-electron chi connectivity index (χ3n) is 3.38. The van der Waals surface area contributed by atoms with E-state index in [1.54, 1.807) is 0 Å². The molecule has 1 aromatic rings. The molecule has 1 fully saturated rings. The van der Waals surface area contributed by atoms with E-state index in [4.69, 9.17) is 5.11 Å². The van der Waals surface area contributed by atoms with Crippen LogP contribution < -0.4 is 0 Å². The second kappa shape index (κ2) is 5.90. The van der Waals surface area contributed by atoms with Gasteiger partial charge in [-0.3, -0.25) is 4.79 Å². The van der Waals surface area contributed by atoms with Crippen LogP contribution in [0, 0.1) is 0 Å². The molecule has 0 bridgehead atoms. The molecule has 1 aliphatic heterocycles. The van der Waals surface area contributed by atoms with Crippen LogP contribution in [0.15, 0.2) is 30.3 Å². The number of hydrogen-bond donors (Lipinski definition) is 1. The first-order valence-corrected chi connectivity index (χ1v) is 7.96. The molecule has 1 atom stereocenters. The van der Waals surface area contributed by atoms with E-state index in [-0.39, 0.29) is 6.04 Å². The largest absolute Gasteiger partial charge is 0.480 e. The fourth-order valence-electron chi connectivity index (χ4n) is 2.42. The molecule has 2 rings (SSSR count). The quantitative estimate of drug-likeness (QED) is 0.870. The Morgan fingerprint density at radius 2 is 1.95 bits per heavy atom. The maximum absolute atomic E-state index is 12.2. The zero-order chi connectivity index (χ0) is 14.8. The average molecular weight is 298 g/mol. The van der Waals surface area contributed by atoms with Crippen molar-refractivity contribution in [2.75, 3.05) is 32.4 Å². The van der Waals surface area contributed by atoms with Crippen molar-refractivity contribution >= 4 is 16.0 Å². The summed E-state index contributed by atoms with van der Waals surface area (Å²) in [4.78, 5) is 12.8. The van der Waals surface area contributed by atoms with Crippen LogP contribution in [0.2, 0.25) is 0 Å². The van der Waals surface area contributed by atoms with Gasteiger partial charge >= 0.3 is 5.97 Å². The lowest BCUT2D eigenvalue weighted by Gasteiger charge is -2.39. The zero-order valence-corrected chi connectivity index (χ0v) is 12.1. The second-order valence-electron chi connectivity index (χ2n) is 4.95. The highest BCUT2D eigenvalue weighted by atomic mass is 32.2. The molecule has 0 aromatic heterocycles. The van der Waals surface area contributed by atoms with Gasteiger partial charge in [-0.2, -0.15) is 4.31 Å². The van der Waals surface area contributed by atoms with Gasteiger partial charge in [-0.25, -0.2) is 8.42 Å². The number of sulfonamides is 1. The molecule has 1 aromatic carbocycles. The highest BCUT2D eigenvalue weighted by Crippen LogP contribution is 2.27. The predicted molar refractivity (Wildman–Crippen MR) is 74.8 cm³/mol. The van der Waals surface area contributed by atoms with Crippen molar-refractivity contribution in [2.24, 2.45) is 0 Å².